The molecule has 7 nitrogen and oxygen atoms in total. The largest absolute Gasteiger partial charge is 0.460 e. The number of carbonyl (C=O) groups is 1. The molecule has 0 unspecified atom stereocenters. The van der Waals surface area contributed by atoms with E-state index in [2.05, 4.69) is 15.2 Å². The first-order chi connectivity index (χ1) is 14.7. The molecule has 0 atom stereocenters. The minimum atomic E-state index is -0.477. The second-order valence-electron chi connectivity index (χ2n) is 6.54. The average molecular weight is 419 g/mol. The summed E-state index contributed by atoms with van der Waals surface area (Å²) in [6.07, 6.45) is 1.86. The molecule has 0 fully saturated rings. The normalized spacial score (nSPS) is 11.4. The highest BCUT2D eigenvalue weighted by molar-refractivity contribution is 7.98. The van der Waals surface area contributed by atoms with Gasteiger partial charge in [0.15, 0.2) is 0 Å². The lowest BCUT2D eigenvalue weighted by atomic mass is 10.1. The molecule has 8 heteroatoms. The molecule has 150 valence electrons. The van der Waals surface area contributed by atoms with Gasteiger partial charge in [-0.05, 0) is 19.1 Å². The lowest BCUT2D eigenvalue weighted by molar-refractivity contribution is 0.0491. The van der Waals surface area contributed by atoms with Gasteiger partial charge in [0.05, 0.1) is 12.2 Å². The number of H-pyrrole nitrogens is 1. The number of aromatic nitrogens is 3. The van der Waals surface area contributed by atoms with E-state index in [4.69, 9.17) is 13.6 Å². The third kappa shape index (κ3) is 3.25. The number of nitrogens with zero attached hydrogens (tertiary/aromatic N) is 2. The molecule has 3 heterocycles. The van der Waals surface area contributed by atoms with Crippen molar-refractivity contribution < 1.29 is 18.4 Å². The lowest BCUT2D eigenvalue weighted by Crippen LogP contribution is -2.05. The summed E-state index contributed by atoms with van der Waals surface area (Å²) in [4.78, 5) is 15.6. The van der Waals surface area contributed by atoms with Crippen molar-refractivity contribution in [2.45, 2.75) is 17.9 Å². The molecule has 0 aliphatic carbocycles. The van der Waals surface area contributed by atoms with Gasteiger partial charge in [-0.2, -0.15) is 0 Å². The van der Waals surface area contributed by atoms with Gasteiger partial charge in [-0.1, -0.05) is 48.2 Å². The van der Waals surface area contributed by atoms with Crippen LogP contribution in [0, 0.1) is 0 Å². The number of rotatable bonds is 6. The Morgan fingerprint density at radius 3 is 2.73 bits per heavy atom. The third-order valence-electron chi connectivity index (χ3n) is 4.73. The molecule has 0 amide bonds. The molecule has 3 aromatic heterocycles. The number of para-hydroxylation sites is 2. The number of benzene rings is 2. The number of nitrogens with one attached hydrogen (secondary N) is 1. The second-order valence-corrected chi connectivity index (χ2v) is 7.46. The summed E-state index contributed by atoms with van der Waals surface area (Å²) in [6, 6.07) is 15.4. The van der Waals surface area contributed by atoms with Gasteiger partial charge >= 0.3 is 5.97 Å². The van der Waals surface area contributed by atoms with Gasteiger partial charge in [-0.3, -0.25) is 0 Å². The first-order valence-electron chi connectivity index (χ1n) is 9.45. The van der Waals surface area contributed by atoms with Crippen LogP contribution in [-0.4, -0.2) is 27.8 Å². The minimum Gasteiger partial charge on any atom is -0.460 e. The SMILES string of the molecule is CCOC(=O)c1oc2ccccc2c1CSc1nnc(-c2c[nH]c3ccccc23)o1. The fourth-order valence-electron chi connectivity index (χ4n) is 3.36. The van der Waals surface area contributed by atoms with E-state index < -0.39 is 5.97 Å². The van der Waals surface area contributed by atoms with Crippen LogP contribution in [-0.2, 0) is 10.5 Å². The standard InChI is InChI=1S/C22H17N3O4S/c1-2-27-21(26)19-16(14-8-4-6-10-18(14)28-19)12-30-22-25-24-20(29-22)15-11-23-17-9-5-3-7-13(15)17/h3-11,23H,2,12H2,1H3. The fourth-order valence-corrected chi connectivity index (χ4v) is 4.15. The first kappa shape index (κ1) is 18.5. The van der Waals surface area contributed by atoms with Gasteiger partial charge in [-0.15, -0.1) is 10.2 Å². The molecule has 5 aromatic rings. The Bertz CT molecular complexity index is 1350. The van der Waals surface area contributed by atoms with Crippen molar-refractivity contribution >= 4 is 39.6 Å². The van der Waals surface area contributed by atoms with Crippen LogP contribution in [0.3, 0.4) is 0 Å². The van der Waals surface area contributed by atoms with Gasteiger partial charge in [0.25, 0.3) is 11.1 Å². The summed E-state index contributed by atoms with van der Waals surface area (Å²) >= 11 is 1.35. The highest BCUT2D eigenvalue weighted by atomic mass is 32.2. The van der Waals surface area contributed by atoms with Crippen LogP contribution in [0.1, 0.15) is 23.0 Å². The number of thioether (sulfide) groups is 1. The quantitative estimate of drug-likeness (QED) is 0.289. The van der Waals surface area contributed by atoms with Crippen molar-refractivity contribution in [2.75, 3.05) is 6.61 Å². The molecule has 2 aromatic carbocycles. The zero-order valence-corrected chi connectivity index (χ0v) is 16.9. The number of ether oxygens (including phenoxy) is 1. The number of esters is 1. The van der Waals surface area contributed by atoms with E-state index in [1.165, 1.54) is 11.8 Å². The fraction of sp³-hybridized carbons (Fsp3) is 0.136. The van der Waals surface area contributed by atoms with Crippen LogP contribution >= 0.6 is 11.8 Å². The Balaban J connectivity index is 1.43. The van der Waals surface area contributed by atoms with Crippen LogP contribution in [0.5, 0.6) is 0 Å². The summed E-state index contributed by atoms with van der Waals surface area (Å²) in [6.45, 7) is 2.04. The zero-order chi connectivity index (χ0) is 20.5. The summed E-state index contributed by atoms with van der Waals surface area (Å²) in [5, 5.41) is 10.6. The van der Waals surface area contributed by atoms with E-state index in [0.717, 1.165) is 27.4 Å². The predicted molar refractivity (Wildman–Crippen MR) is 113 cm³/mol. The van der Waals surface area contributed by atoms with E-state index in [0.29, 0.717) is 22.4 Å². The highest BCUT2D eigenvalue weighted by Gasteiger charge is 2.22. The van der Waals surface area contributed by atoms with Crippen molar-refractivity contribution in [2.24, 2.45) is 0 Å². The van der Waals surface area contributed by atoms with Crippen molar-refractivity contribution in [3.05, 3.63) is 66.1 Å². The van der Waals surface area contributed by atoms with Crippen molar-refractivity contribution in [1.29, 1.82) is 0 Å². The molecule has 0 aliphatic rings. The number of carbonyl (C=O) groups excluding carboxylic acids is 1. The van der Waals surface area contributed by atoms with E-state index in [1.807, 2.05) is 54.7 Å². The molecule has 0 spiro atoms. The van der Waals surface area contributed by atoms with Gasteiger partial charge in [0, 0.05) is 33.8 Å². The Labute approximate surface area is 175 Å². The highest BCUT2D eigenvalue weighted by Crippen LogP contribution is 2.34. The number of fused-ring (bicyclic) bond motifs is 2. The summed E-state index contributed by atoms with van der Waals surface area (Å²) in [7, 11) is 0. The predicted octanol–water partition coefficient (Wildman–Crippen LogP) is 5.43. The van der Waals surface area contributed by atoms with Crippen molar-refractivity contribution in [3.8, 4) is 11.5 Å². The first-order valence-corrected chi connectivity index (χ1v) is 10.4. The van der Waals surface area contributed by atoms with Gasteiger partial charge < -0.3 is 18.6 Å². The Morgan fingerprint density at radius 1 is 1.07 bits per heavy atom. The van der Waals surface area contributed by atoms with E-state index >= 15 is 0 Å². The summed E-state index contributed by atoms with van der Waals surface area (Å²) in [5.74, 6) is 0.606. The number of hydrogen-bond donors (Lipinski definition) is 1. The van der Waals surface area contributed by atoms with E-state index in [-0.39, 0.29) is 12.4 Å². The van der Waals surface area contributed by atoms with Gasteiger partial charge in [0.1, 0.15) is 5.58 Å². The monoisotopic (exact) mass is 419 g/mol. The molecule has 0 aliphatic heterocycles. The topological polar surface area (TPSA) is 94.1 Å². The van der Waals surface area contributed by atoms with Crippen LogP contribution in [0.15, 0.2) is 68.8 Å². The smallest absolute Gasteiger partial charge is 0.374 e. The molecule has 1 N–H and O–H groups in total. The molecule has 0 saturated heterocycles. The molecule has 0 radical (unpaired) electrons. The second kappa shape index (κ2) is 7.72. The Morgan fingerprint density at radius 2 is 1.87 bits per heavy atom. The number of aromatic amines is 1. The molecule has 5 rings (SSSR count). The van der Waals surface area contributed by atoms with E-state index in [1.54, 1.807) is 6.92 Å². The van der Waals surface area contributed by atoms with Crippen molar-refractivity contribution in [3.63, 3.8) is 0 Å². The van der Waals surface area contributed by atoms with Crippen LogP contribution in [0.2, 0.25) is 0 Å². The summed E-state index contributed by atoms with van der Waals surface area (Å²) < 4.78 is 16.8. The zero-order valence-electron chi connectivity index (χ0n) is 16.0. The maximum atomic E-state index is 12.4. The molecule has 0 saturated carbocycles. The molecular formula is C22H17N3O4S. The van der Waals surface area contributed by atoms with E-state index in [9.17, 15) is 4.79 Å². The summed E-state index contributed by atoms with van der Waals surface area (Å²) in [5.41, 5.74) is 3.25. The minimum absolute atomic E-state index is 0.210. The van der Waals surface area contributed by atoms with Crippen LogP contribution in [0.4, 0.5) is 0 Å². The van der Waals surface area contributed by atoms with Crippen LogP contribution in [0.25, 0.3) is 33.3 Å². The van der Waals surface area contributed by atoms with Gasteiger partial charge in [0.2, 0.25) is 5.76 Å². The Kier molecular flexibility index (Phi) is 4.76. The lowest BCUT2D eigenvalue weighted by Gasteiger charge is -2.01. The maximum Gasteiger partial charge on any atom is 0.374 e. The third-order valence-corrected chi connectivity index (χ3v) is 5.57. The van der Waals surface area contributed by atoms with Crippen molar-refractivity contribution in [1.82, 2.24) is 15.2 Å². The molecular weight excluding hydrogens is 402 g/mol. The molecule has 30 heavy (non-hydrogen) atoms. The van der Waals surface area contributed by atoms with Crippen LogP contribution < -0.4 is 0 Å². The maximum absolute atomic E-state index is 12.4. The molecule has 0 bridgehead atoms. The Hall–Kier alpha value is -3.52. The number of furan rings is 1. The average Bonchev–Trinajstić information content (AvgIpc) is 3.48. The van der Waals surface area contributed by atoms with Gasteiger partial charge in [-0.25, -0.2) is 4.79 Å². The number of hydrogen-bond acceptors (Lipinski definition) is 7.